The van der Waals surface area contributed by atoms with Crippen LogP contribution in [0.4, 0.5) is 11.5 Å². The quantitative estimate of drug-likeness (QED) is 0.462. The van der Waals surface area contributed by atoms with E-state index in [0.29, 0.717) is 11.5 Å². The van der Waals surface area contributed by atoms with Crippen LogP contribution < -0.4 is 5.32 Å². The summed E-state index contributed by atoms with van der Waals surface area (Å²) >= 11 is 0. The third-order valence-electron chi connectivity index (χ3n) is 2.13. The monoisotopic (exact) mass is 237 g/mol. The van der Waals surface area contributed by atoms with Crippen molar-refractivity contribution in [3.8, 4) is 0 Å². The van der Waals surface area contributed by atoms with Crippen LogP contribution in [0.2, 0.25) is 0 Å². The van der Waals surface area contributed by atoms with Gasteiger partial charge in [0.05, 0.1) is 4.92 Å². The average molecular weight is 237 g/mol. The highest BCUT2D eigenvalue weighted by Gasteiger charge is 2.18. The van der Waals surface area contributed by atoms with Gasteiger partial charge in [0.1, 0.15) is 18.2 Å². The zero-order valence-corrected chi connectivity index (χ0v) is 9.28. The van der Waals surface area contributed by atoms with Crippen LogP contribution in [0.1, 0.15) is 12.6 Å². The first kappa shape index (κ1) is 11.3. The van der Waals surface area contributed by atoms with E-state index < -0.39 is 11.2 Å². The van der Waals surface area contributed by atoms with Gasteiger partial charge in [-0.3, -0.25) is 10.1 Å². The fourth-order valence-corrected chi connectivity index (χ4v) is 1.52. The van der Waals surface area contributed by atoms with Crippen molar-refractivity contribution in [2.45, 2.75) is 20.1 Å². The van der Waals surface area contributed by atoms with E-state index in [4.69, 9.17) is 0 Å². The Balaban J connectivity index is 2.65. The molecule has 0 saturated carbocycles. The molecule has 1 unspecified atom stereocenters. The van der Waals surface area contributed by atoms with Crippen molar-refractivity contribution in [2.24, 2.45) is 0 Å². The first-order chi connectivity index (χ1) is 7.99. The fourth-order valence-electron chi connectivity index (χ4n) is 1.52. The summed E-state index contributed by atoms with van der Waals surface area (Å²) in [5.74, 6) is 0.454. The molecule has 2 aromatic heterocycles. The number of nitro groups is 1. The molecule has 8 nitrogen and oxygen atoms in total. The summed E-state index contributed by atoms with van der Waals surface area (Å²) in [6.45, 7) is 3.25. The van der Waals surface area contributed by atoms with Crippen LogP contribution in [0.5, 0.6) is 0 Å². The first-order valence-electron chi connectivity index (χ1n) is 4.93. The van der Waals surface area contributed by atoms with Crippen LogP contribution in [0.15, 0.2) is 12.3 Å². The Labute approximate surface area is 96.0 Å². The smallest absolute Gasteiger partial charge is 0.333 e. The summed E-state index contributed by atoms with van der Waals surface area (Å²) in [7, 11) is 0. The summed E-state index contributed by atoms with van der Waals surface area (Å²) in [5.41, 5.74) is 0.588. The number of anilines is 1. The van der Waals surface area contributed by atoms with E-state index in [1.54, 1.807) is 19.9 Å². The SMILES string of the molecule is Cc1cc(NC(C)O)n2ncc([N+](=O)[O-])c2n1. The molecular formula is C9H11N5O3. The van der Waals surface area contributed by atoms with Crippen LogP contribution >= 0.6 is 0 Å². The van der Waals surface area contributed by atoms with Gasteiger partial charge in [-0.15, -0.1) is 0 Å². The van der Waals surface area contributed by atoms with E-state index in [0.717, 1.165) is 6.20 Å². The molecule has 1 atom stereocenters. The van der Waals surface area contributed by atoms with E-state index >= 15 is 0 Å². The molecule has 90 valence electrons. The molecule has 0 aromatic carbocycles. The third kappa shape index (κ3) is 2.02. The van der Waals surface area contributed by atoms with Crippen LogP contribution in [-0.2, 0) is 0 Å². The number of aliphatic hydroxyl groups excluding tert-OH is 1. The van der Waals surface area contributed by atoms with Crippen molar-refractivity contribution in [1.82, 2.24) is 14.6 Å². The second kappa shape index (κ2) is 3.98. The summed E-state index contributed by atoms with van der Waals surface area (Å²) in [4.78, 5) is 14.3. The summed E-state index contributed by atoms with van der Waals surface area (Å²) in [6.07, 6.45) is 0.345. The van der Waals surface area contributed by atoms with Crippen molar-refractivity contribution in [1.29, 1.82) is 0 Å². The highest BCUT2D eigenvalue weighted by molar-refractivity contribution is 5.62. The number of fused-ring (bicyclic) bond motifs is 1. The Bertz CT molecular complexity index is 577. The lowest BCUT2D eigenvalue weighted by Crippen LogP contribution is -2.16. The predicted molar refractivity (Wildman–Crippen MR) is 59.7 cm³/mol. The number of aromatic nitrogens is 3. The number of nitrogens with one attached hydrogen (secondary N) is 1. The molecular weight excluding hydrogens is 226 g/mol. The van der Waals surface area contributed by atoms with Crippen LogP contribution in [0, 0.1) is 17.0 Å². The zero-order valence-electron chi connectivity index (χ0n) is 9.28. The molecule has 0 radical (unpaired) electrons. The van der Waals surface area contributed by atoms with Crippen LogP contribution in [-0.4, -0.2) is 30.9 Å². The van der Waals surface area contributed by atoms with Crippen molar-refractivity contribution in [2.75, 3.05) is 5.32 Å². The Kier molecular flexibility index (Phi) is 2.64. The normalized spacial score (nSPS) is 12.6. The van der Waals surface area contributed by atoms with Gasteiger partial charge in [0.15, 0.2) is 0 Å². The molecule has 0 saturated heterocycles. The van der Waals surface area contributed by atoms with E-state index in [9.17, 15) is 15.2 Å². The van der Waals surface area contributed by atoms with Gasteiger partial charge in [-0.05, 0) is 13.8 Å². The minimum absolute atomic E-state index is 0.151. The molecule has 2 rings (SSSR count). The molecule has 8 heteroatoms. The van der Waals surface area contributed by atoms with Gasteiger partial charge < -0.3 is 10.4 Å². The number of hydrogen-bond acceptors (Lipinski definition) is 6. The maximum atomic E-state index is 10.8. The predicted octanol–water partition coefficient (Wildman–Crippen LogP) is 0.696. The fraction of sp³-hybridized carbons (Fsp3) is 0.333. The maximum absolute atomic E-state index is 10.8. The lowest BCUT2D eigenvalue weighted by molar-refractivity contribution is -0.383. The van der Waals surface area contributed by atoms with Crippen molar-refractivity contribution >= 4 is 17.2 Å². The van der Waals surface area contributed by atoms with E-state index in [-0.39, 0.29) is 11.3 Å². The third-order valence-corrected chi connectivity index (χ3v) is 2.13. The Hall–Kier alpha value is -2.22. The van der Waals surface area contributed by atoms with E-state index in [2.05, 4.69) is 15.4 Å². The molecule has 0 amide bonds. The molecule has 0 aliphatic heterocycles. The van der Waals surface area contributed by atoms with E-state index in [1.165, 1.54) is 4.52 Å². The summed E-state index contributed by atoms with van der Waals surface area (Å²) in [5, 5.41) is 26.6. The van der Waals surface area contributed by atoms with Crippen molar-refractivity contribution < 1.29 is 10.0 Å². The minimum atomic E-state index is -0.789. The van der Waals surface area contributed by atoms with Crippen molar-refractivity contribution in [3.63, 3.8) is 0 Å². The molecule has 0 aliphatic carbocycles. The highest BCUT2D eigenvalue weighted by atomic mass is 16.6. The molecule has 17 heavy (non-hydrogen) atoms. The van der Waals surface area contributed by atoms with Gasteiger partial charge in [-0.1, -0.05) is 0 Å². The maximum Gasteiger partial charge on any atom is 0.333 e. The molecule has 0 bridgehead atoms. The van der Waals surface area contributed by atoms with Gasteiger partial charge in [0, 0.05) is 11.8 Å². The molecule has 0 fully saturated rings. The largest absolute Gasteiger partial charge is 0.374 e. The first-order valence-corrected chi connectivity index (χ1v) is 4.93. The van der Waals surface area contributed by atoms with Crippen LogP contribution in [0.25, 0.3) is 5.65 Å². The van der Waals surface area contributed by atoms with Crippen LogP contribution in [0.3, 0.4) is 0 Å². The molecule has 2 aromatic rings. The Morgan fingerprint density at radius 3 is 2.94 bits per heavy atom. The van der Waals surface area contributed by atoms with Crippen molar-refractivity contribution in [3.05, 3.63) is 28.1 Å². The van der Waals surface area contributed by atoms with Gasteiger partial charge >= 0.3 is 5.69 Å². The lowest BCUT2D eigenvalue weighted by atomic mass is 10.4. The Morgan fingerprint density at radius 2 is 2.35 bits per heavy atom. The zero-order chi connectivity index (χ0) is 12.6. The van der Waals surface area contributed by atoms with Gasteiger partial charge in [0.25, 0.3) is 0 Å². The number of aryl methyl sites for hydroxylation is 1. The summed E-state index contributed by atoms with van der Waals surface area (Å²) < 4.78 is 1.29. The second-order valence-corrected chi connectivity index (χ2v) is 3.63. The topological polar surface area (TPSA) is 106 Å². The van der Waals surface area contributed by atoms with E-state index in [1.807, 2.05) is 0 Å². The number of hydrogen-bond donors (Lipinski definition) is 2. The molecule has 2 heterocycles. The molecule has 0 aliphatic rings. The number of aliphatic hydroxyl groups is 1. The van der Waals surface area contributed by atoms with Gasteiger partial charge in [0.2, 0.25) is 5.65 Å². The minimum Gasteiger partial charge on any atom is -0.374 e. The number of nitrogens with zero attached hydrogens (tertiary/aromatic N) is 4. The Morgan fingerprint density at radius 1 is 1.65 bits per heavy atom. The number of rotatable bonds is 3. The molecule has 2 N–H and O–H groups in total. The average Bonchev–Trinajstić information content (AvgIpc) is 2.59. The summed E-state index contributed by atoms with van der Waals surface area (Å²) in [6, 6.07) is 1.65. The van der Waals surface area contributed by atoms with Gasteiger partial charge in [-0.25, -0.2) is 4.98 Å². The highest BCUT2D eigenvalue weighted by Crippen LogP contribution is 2.21. The standard InChI is InChI=1S/C9H11N5O3/c1-5-3-8(12-6(2)15)13-9(11-5)7(4-10-13)14(16)17/h3-4,6,12,15H,1-2H3. The lowest BCUT2D eigenvalue weighted by Gasteiger charge is -2.10. The molecule has 0 spiro atoms. The second-order valence-electron chi connectivity index (χ2n) is 3.63. The van der Waals surface area contributed by atoms with Gasteiger partial charge in [-0.2, -0.15) is 9.61 Å².